The highest BCUT2D eigenvalue weighted by atomic mass is 16.8. The standard InChI is InChI=1S/C31H48O11/c1-16-5-8-21-30(2,3)22(9-11-31(21,4)18(16)7-6-17-10-12-38-14-17)41-29-27(25(36)24(35)20(13-32)40-29)42-28-26(37)23(34)19(33)15-39-28/h10,12,14,19-29,32-37H,5-9,11,13,15H2,1-4H3/t19-,20-,21-,22+,23+,24-,25+,26-,27-,28+,29+,31-/m1/s1. The summed E-state index contributed by atoms with van der Waals surface area (Å²) in [7, 11) is 0. The first-order chi connectivity index (χ1) is 19.9. The molecule has 0 unspecified atom stereocenters. The molecule has 238 valence electrons. The molecule has 12 atom stereocenters. The Kier molecular flexibility index (Phi) is 9.57. The van der Waals surface area contributed by atoms with E-state index < -0.39 is 61.9 Å². The van der Waals surface area contributed by atoms with Gasteiger partial charge in [-0.05, 0) is 73.8 Å². The molecule has 4 aliphatic rings. The summed E-state index contributed by atoms with van der Waals surface area (Å²) >= 11 is 0. The van der Waals surface area contributed by atoms with Crippen molar-refractivity contribution in [1.29, 1.82) is 0 Å². The monoisotopic (exact) mass is 596 g/mol. The fourth-order valence-electron chi connectivity index (χ4n) is 8.05. The Balaban J connectivity index is 1.35. The third-order valence-corrected chi connectivity index (χ3v) is 10.5. The van der Waals surface area contributed by atoms with E-state index in [1.54, 1.807) is 12.5 Å². The van der Waals surface area contributed by atoms with E-state index in [0.29, 0.717) is 12.3 Å². The van der Waals surface area contributed by atoms with Gasteiger partial charge in [-0.2, -0.15) is 0 Å². The Hall–Kier alpha value is -1.38. The van der Waals surface area contributed by atoms with Gasteiger partial charge in [0.1, 0.15) is 42.7 Å². The first kappa shape index (κ1) is 32.0. The number of furan rings is 1. The molecule has 1 aromatic rings. The van der Waals surface area contributed by atoms with Crippen LogP contribution < -0.4 is 0 Å². The molecule has 5 rings (SSSR count). The molecular weight excluding hydrogens is 548 g/mol. The first-order valence-corrected chi connectivity index (χ1v) is 15.2. The smallest absolute Gasteiger partial charge is 0.187 e. The normalized spacial score (nSPS) is 44.2. The second-order valence-electron chi connectivity index (χ2n) is 13.4. The van der Waals surface area contributed by atoms with Gasteiger partial charge in [0.15, 0.2) is 12.6 Å². The van der Waals surface area contributed by atoms with E-state index in [9.17, 15) is 30.6 Å². The van der Waals surface area contributed by atoms with Crippen molar-refractivity contribution in [2.75, 3.05) is 13.2 Å². The number of allylic oxidation sites excluding steroid dienone is 2. The summed E-state index contributed by atoms with van der Waals surface area (Å²) in [5, 5.41) is 61.9. The zero-order valence-corrected chi connectivity index (χ0v) is 25.0. The topological polar surface area (TPSA) is 171 Å². The van der Waals surface area contributed by atoms with Crippen molar-refractivity contribution in [2.24, 2.45) is 16.7 Å². The Labute approximate surface area is 247 Å². The molecule has 2 saturated heterocycles. The Bertz CT molecular complexity index is 1070. The van der Waals surface area contributed by atoms with E-state index in [1.165, 1.54) is 16.7 Å². The van der Waals surface area contributed by atoms with Crippen LogP contribution >= 0.6 is 0 Å². The Morgan fingerprint density at radius 2 is 1.69 bits per heavy atom. The number of hydrogen-bond donors (Lipinski definition) is 6. The summed E-state index contributed by atoms with van der Waals surface area (Å²) in [5.74, 6) is 0.305. The summed E-state index contributed by atoms with van der Waals surface area (Å²) in [5.41, 5.74) is 3.83. The van der Waals surface area contributed by atoms with Crippen LogP contribution in [0.25, 0.3) is 0 Å². The maximum atomic E-state index is 11.0. The average molecular weight is 597 g/mol. The summed E-state index contributed by atoms with van der Waals surface area (Å²) in [6.45, 7) is 8.19. The molecule has 1 saturated carbocycles. The third kappa shape index (κ3) is 5.85. The minimum absolute atomic E-state index is 0.0148. The van der Waals surface area contributed by atoms with Crippen molar-refractivity contribution >= 4 is 0 Å². The fourth-order valence-corrected chi connectivity index (χ4v) is 8.05. The molecule has 11 nitrogen and oxygen atoms in total. The van der Waals surface area contributed by atoms with Crippen LogP contribution in [0.1, 0.15) is 65.4 Å². The largest absolute Gasteiger partial charge is 0.472 e. The molecule has 6 N–H and O–H groups in total. The van der Waals surface area contributed by atoms with Crippen molar-refractivity contribution in [1.82, 2.24) is 0 Å². The van der Waals surface area contributed by atoms with Crippen LogP contribution in [0, 0.1) is 16.7 Å². The Morgan fingerprint density at radius 3 is 2.38 bits per heavy atom. The molecule has 2 aliphatic heterocycles. The summed E-state index contributed by atoms with van der Waals surface area (Å²) in [6, 6.07) is 2.01. The number of fused-ring (bicyclic) bond motifs is 1. The summed E-state index contributed by atoms with van der Waals surface area (Å²) < 4.78 is 29.1. The second-order valence-corrected chi connectivity index (χ2v) is 13.4. The van der Waals surface area contributed by atoms with Gasteiger partial charge in [0, 0.05) is 0 Å². The maximum absolute atomic E-state index is 11.0. The highest BCUT2D eigenvalue weighted by molar-refractivity contribution is 5.29. The molecule has 3 fully saturated rings. The number of aliphatic hydroxyl groups excluding tert-OH is 6. The molecular formula is C31H48O11. The number of aryl methyl sites for hydroxylation is 1. The van der Waals surface area contributed by atoms with Crippen molar-refractivity contribution in [3.05, 3.63) is 35.3 Å². The lowest BCUT2D eigenvalue weighted by Gasteiger charge is -2.58. The van der Waals surface area contributed by atoms with Gasteiger partial charge in [-0.15, -0.1) is 0 Å². The van der Waals surface area contributed by atoms with Gasteiger partial charge in [-0.1, -0.05) is 31.9 Å². The van der Waals surface area contributed by atoms with E-state index in [1.807, 2.05) is 6.07 Å². The molecule has 42 heavy (non-hydrogen) atoms. The van der Waals surface area contributed by atoms with Gasteiger partial charge < -0.3 is 54.0 Å². The SMILES string of the molecule is CC1=C(CCc2ccoc2)[C@@]2(C)CC[C@H](O[C@@H]3O[C@H](CO)[C@@H](O)[C@H](O)[C@H]3O[C@@H]3OC[C@@H](O)[C@H](O)[C@H]3O)C(C)(C)[C@H]2CC1. The van der Waals surface area contributed by atoms with Crippen LogP contribution in [0.5, 0.6) is 0 Å². The molecule has 11 heteroatoms. The molecule has 0 bridgehead atoms. The predicted molar refractivity (Wildman–Crippen MR) is 149 cm³/mol. The van der Waals surface area contributed by atoms with Crippen molar-refractivity contribution in [2.45, 2.75) is 128 Å². The molecule has 0 amide bonds. The molecule has 0 spiro atoms. The number of ether oxygens (including phenoxy) is 4. The highest BCUT2D eigenvalue weighted by Crippen LogP contribution is 2.61. The number of aliphatic hydroxyl groups is 6. The van der Waals surface area contributed by atoms with E-state index >= 15 is 0 Å². The maximum Gasteiger partial charge on any atom is 0.187 e. The molecule has 0 radical (unpaired) electrons. The quantitative estimate of drug-likeness (QED) is 0.240. The lowest BCUT2D eigenvalue weighted by molar-refractivity contribution is -0.368. The first-order valence-electron chi connectivity index (χ1n) is 15.2. The van der Waals surface area contributed by atoms with E-state index in [-0.39, 0.29) is 23.5 Å². The summed E-state index contributed by atoms with van der Waals surface area (Å²) in [4.78, 5) is 0. The van der Waals surface area contributed by atoms with Crippen LogP contribution in [0.4, 0.5) is 0 Å². The molecule has 3 heterocycles. The zero-order chi connectivity index (χ0) is 30.4. The van der Waals surface area contributed by atoms with E-state index in [4.69, 9.17) is 23.4 Å². The van der Waals surface area contributed by atoms with Crippen LogP contribution in [0.3, 0.4) is 0 Å². The van der Waals surface area contributed by atoms with Crippen LogP contribution in [0.2, 0.25) is 0 Å². The van der Waals surface area contributed by atoms with Crippen molar-refractivity contribution in [3.63, 3.8) is 0 Å². The van der Waals surface area contributed by atoms with Gasteiger partial charge in [0.25, 0.3) is 0 Å². The summed E-state index contributed by atoms with van der Waals surface area (Å²) in [6.07, 6.45) is -3.70. The van der Waals surface area contributed by atoms with Crippen LogP contribution in [-0.2, 0) is 25.4 Å². The second kappa shape index (κ2) is 12.5. The zero-order valence-electron chi connectivity index (χ0n) is 25.0. The average Bonchev–Trinajstić information content (AvgIpc) is 3.47. The molecule has 2 aliphatic carbocycles. The van der Waals surface area contributed by atoms with Crippen LogP contribution in [-0.4, -0.2) is 105 Å². The minimum Gasteiger partial charge on any atom is -0.472 e. The van der Waals surface area contributed by atoms with Gasteiger partial charge in [-0.3, -0.25) is 0 Å². The Morgan fingerprint density at radius 1 is 0.929 bits per heavy atom. The predicted octanol–water partition coefficient (Wildman–Crippen LogP) is 1.41. The van der Waals surface area contributed by atoms with Gasteiger partial charge in [0.2, 0.25) is 0 Å². The number of hydrogen-bond acceptors (Lipinski definition) is 11. The van der Waals surface area contributed by atoms with Crippen molar-refractivity contribution < 1.29 is 54.0 Å². The van der Waals surface area contributed by atoms with Gasteiger partial charge in [0.05, 0.1) is 31.8 Å². The fraction of sp³-hybridized carbons (Fsp3) is 0.806. The molecule has 0 aromatic carbocycles. The number of rotatable bonds is 8. The van der Waals surface area contributed by atoms with E-state index in [0.717, 1.165) is 32.1 Å². The third-order valence-electron chi connectivity index (χ3n) is 10.5. The van der Waals surface area contributed by atoms with Crippen molar-refractivity contribution in [3.8, 4) is 0 Å². The molecule has 1 aromatic heterocycles. The highest BCUT2D eigenvalue weighted by Gasteiger charge is 2.57. The lowest BCUT2D eigenvalue weighted by atomic mass is 9.49. The van der Waals surface area contributed by atoms with Gasteiger partial charge >= 0.3 is 0 Å². The minimum atomic E-state index is -1.60. The lowest BCUT2D eigenvalue weighted by Crippen LogP contribution is -2.64. The van der Waals surface area contributed by atoms with Gasteiger partial charge in [-0.25, -0.2) is 0 Å². The van der Waals surface area contributed by atoms with E-state index in [2.05, 4.69) is 27.7 Å². The van der Waals surface area contributed by atoms with Crippen LogP contribution in [0.15, 0.2) is 34.2 Å².